The number of nitrogens with one attached hydrogen (secondary N) is 1. The van der Waals surface area contributed by atoms with Crippen LogP contribution in [0.2, 0.25) is 0 Å². The second-order valence-electron chi connectivity index (χ2n) is 7.87. The molecule has 0 spiro atoms. The minimum atomic E-state index is -0.619. The van der Waals surface area contributed by atoms with Crippen molar-refractivity contribution in [3.63, 3.8) is 0 Å². The molecule has 2 aliphatic heterocycles. The lowest BCUT2D eigenvalue weighted by molar-refractivity contribution is 0.0327. The summed E-state index contributed by atoms with van der Waals surface area (Å²) in [5.41, 5.74) is 3.85. The maximum absolute atomic E-state index is 12.5. The Bertz CT molecular complexity index is 1170. The van der Waals surface area contributed by atoms with Crippen LogP contribution in [0.15, 0.2) is 30.3 Å². The highest BCUT2D eigenvalue weighted by atomic mass is 16.6. The van der Waals surface area contributed by atoms with Gasteiger partial charge in [0.05, 0.1) is 45.0 Å². The third-order valence-corrected chi connectivity index (χ3v) is 6.03. The van der Waals surface area contributed by atoms with Crippen LogP contribution in [0.5, 0.6) is 11.5 Å². The number of morpholine rings is 1. The van der Waals surface area contributed by atoms with Gasteiger partial charge >= 0.3 is 5.97 Å². The average molecular weight is 438 g/mol. The van der Waals surface area contributed by atoms with Gasteiger partial charge in [0.15, 0.2) is 11.5 Å². The van der Waals surface area contributed by atoms with Gasteiger partial charge in [-0.15, -0.1) is 0 Å². The average Bonchev–Trinajstić information content (AvgIpc) is 3.29. The molecule has 1 aromatic heterocycles. The molecule has 0 radical (unpaired) electrons. The Morgan fingerprint density at radius 3 is 2.72 bits per heavy atom. The molecule has 168 valence electrons. The van der Waals surface area contributed by atoms with E-state index in [-0.39, 0.29) is 0 Å². The Balaban J connectivity index is 1.40. The molecule has 1 unspecified atom stereocenters. The van der Waals surface area contributed by atoms with E-state index in [1.54, 1.807) is 6.07 Å². The standard InChI is InChI=1S/C23H26N4O5/c1-26-17-6-4-14(12-16(17)25-19(26)13-27-8-10-31-11-9-27)24-22-15-5-7-18(29-2)21(30-3)20(15)23(28)32-22/h4-7,12,22,24H,8-11,13H2,1-3H3. The lowest BCUT2D eigenvalue weighted by Gasteiger charge is -2.26. The molecule has 3 heterocycles. The Labute approximate surface area is 185 Å². The molecule has 9 heteroatoms. The van der Waals surface area contributed by atoms with Crippen molar-refractivity contribution in [1.82, 2.24) is 14.5 Å². The second-order valence-corrected chi connectivity index (χ2v) is 7.87. The van der Waals surface area contributed by atoms with E-state index >= 15 is 0 Å². The molecule has 0 aliphatic carbocycles. The van der Waals surface area contributed by atoms with Crippen LogP contribution < -0.4 is 14.8 Å². The zero-order chi connectivity index (χ0) is 22.2. The number of imidazole rings is 1. The predicted molar refractivity (Wildman–Crippen MR) is 118 cm³/mol. The fourth-order valence-electron chi connectivity index (χ4n) is 4.30. The number of fused-ring (bicyclic) bond motifs is 2. The van der Waals surface area contributed by atoms with Crippen LogP contribution in [0.1, 0.15) is 28.0 Å². The highest BCUT2D eigenvalue weighted by molar-refractivity contribution is 5.98. The number of rotatable bonds is 6. The van der Waals surface area contributed by atoms with Crippen LogP contribution in [-0.2, 0) is 23.1 Å². The summed E-state index contributed by atoms with van der Waals surface area (Å²) in [6, 6.07) is 9.56. The summed E-state index contributed by atoms with van der Waals surface area (Å²) in [5, 5.41) is 3.30. The summed E-state index contributed by atoms with van der Waals surface area (Å²) in [5.74, 6) is 1.44. The Morgan fingerprint density at radius 1 is 1.16 bits per heavy atom. The van der Waals surface area contributed by atoms with Crippen molar-refractivity contribution in [2.24, 2.45) is 7.05 Å². The van der Waals surface area contributed by atoms with Crippen LogP contribution in [-0.4, -0.2) is 60.9 Å². The Morgan fingerprint density at radius 2 is 1.97 bits per heavy atom. The predicted octanol–water partition coefficient (Wildman–Crippen LogP) is 2.70. The number of aryl methyl sites for hydroxylation is 1. The van der Waals surface area contributed by atoms with Gasteiger partial charge in [-0.2, -0.15) is 0 Å². The van der Waals surface area contributed by atoms with Crippen molar-refractivity contribution in [3.8, 4) is 11.5 Å². The van der Waals surface area contributed by atoms with Gasteiger partial charge in [0, 0.05) is 31.4 Å². The number of anilines is 1. The Hall–Kier alpha value is -3.30. The lowest BCUT2D eigenvalue weighted by atomic mass is 10.1. The van der Waals surface area contributed by atoms with Gasteiger partial charge < -0.3 is 28.8 Å². The molecule has 1 saturated heterocycles. The van der Waals surface area contributed by atoms with Crippen LogP contribution in [0.25, 0.3) is 11.0 Å². The minimum Gasteiger partial charge on any atom is -0.493 e. The zero-order valence-electron chi connectivity index (χ0n) is 18.4. The summed E-state index contributed by atoms with van der Waals surface area (Å²) in [4.78, 5) is 19.7. The van der Waals surface area contributed by atoms with Gasteiger partial charge in [0.1, 0.15) is 11.4 Å². The SMILES string of the molecule is COc1ccc2c(c1OC)C(=O)OC2Nc1ccc2c(c1)nc(CN1CCOCC1)n2C. The van der Waals surface area contributed by atoms with E-state index in [1.165, 1.54) is 14.2 Å². The largest absolute Gasteiger partial charge is 0.493 e. The molecule has 0 bridgehead atoms. The fraction of sp³-hybridized carbons (Fsp3) is 0.391. The number of esters is 1. The van der Waals surface area contributed by atoms with Gasteiger partial charge in [-0.05, 0) is 30.3 Å². The molecule has 3 aromatic rings. The number of ether oxygens (including phenoxy) is 4. The van der Waals surface area contributed by atoms with E-state index in [0.717, 1.165) is 55.4 Å². The zero-order valence-corrected chi connectivity index (χ0v) is 18.4. The normalized spacial score (nSPS) is 18.5. The molecule has 1 atom stereocenters. The first kappa shape index (κ1) is 20.6. The van der Waals surface area contributed by atoms with Crippen molar-refractivity contribution in [1.29, 1.82) is 0 Å². The number of methoxy groups -OCH3 is 2. The molecule has 0 amide bonds. The van der Waals surface area contributed by atoms with Gasteiger partial charge in [0.25, 0.3) is 0 Å². The molecule has 1 N–H and O–H groups in total. The topological polar surface area (TPSA) is 87.1 Å². The maximum atomic E-state index is 12.5. The van der Waals surface area contributed by atoms with Crippen LogP contribution in [0, 0.1) is 0 Å². The van der Waals surface area contributed by atoms with Crippen LogP contribution in [0.4, 0.5) is 5.69 Å². The molecule has 1 fully saturated rings. The van der Waals surface area contributed by atoms with Gasteiger partial charge in [-0.3, -0.25) is 4.90 Å². The van der Waals surface area contributed by atoms with E-state index in [1.807, 2.05) is 31.3 Å². The molecule has 0 saturated carbocycles. The number of hydrogen-bond acceptors (Lipinski definition) is 8. The van der Waals surface area contributed by atoms with Crippen molar-refractivity contribution >= 4 is 22.7 Å². The summed E-state index contributed by atoms with van der Waals surface area (Å²) < 4.78 is 23.9. The highest BCUT2D eigenvalue weighted by Gasteiger charge is 2.36. The Kier molecular flexibility index (Phi) is 5.36. The number of aromatic nitrogens is 2. The van der Waals surface area contributed by atoms with Crippen LogP contribution in [0.3, 0.4) is 0 Å². The number of cyclic esters (lactones) is 1. The second kappa shape index (κ2) is 8.33. The van der Waals surface area contributed by atoms with E-state index in [0.29, 0.717) is 22.6 Å². The first-order chi connectivity index (χ1) is 15.6. The first-order valence-electron chi connectivity index (χ1n) is 10.6. The lowest BCUT2D eigenvalue weighted by Crippen LogP contribution is -2.36. The highest BCUT2D eigenvalue weighted by Crippen LogP contribution is 2.42. The summed E-state index contributed by atoms with van der Waals surface area (Å²) in [7, 11) is 5.08. The molecule has 9 nitrogen and oxygen atoms in total. The molecule has 5 rings (SSSR count). The van der Waals surface area contributed by atoms with Crippen LogP contribution >= 0.6 is 0 Å². The third-order valence-electron chi connectivity index (χ3n) is 6.03. The third kappa shape index (κ3) is 3.53. The van der Waals surface area contributed by atoms with Gasteiger partial charge in [-0.1, -0.05) is 0 Å². The van der Waals surface area contributed by atoms with Crippen molar-refractivity contribution in [2.45, 2.75) is 12.8 Å². The van der Waals surface area contributed by atoms with E-state index in [9.17, 15) is 4.79 Å². The molecular formula is C23H26N4O5. The van der Waals surface area contributed by atoms with E-state index in [4.69, 9.17) is 23.9 Å². The summed E-state index contributed by atoms with van der Waals surface area (Å²) in [6.07, 6.45) is -0.619. The fourth-order valence-corrected chi connectivity index (χ4v) is 4.30. The van der Waals surface area contributed by atoms with Crippen molar-refractivity contribution < 1.29 is 23.7 Å². The van der Waals surface area contributed by atoms with Crippen molar-refractivity contribution in [3.05, 3.63) is 47.3 Å². The summed E-state index contributed by atoms with van der Waals surface area (Å²) >= 11 is 0. The number of hydrogen-bond donors (Lipinski definition) is 1. The number of carbonyl (C=O) groups is 1. The first-order valence-corrected chi connectivity index (χ1v) is 10.6. The molecule has 2 aromatic carbocycles. The minimum absolute atomic E-state index is 0.382. The molecule has 32 heavy (non-hydrogen) atoms. The number of nitrogens with zero attached hydrogens (tertiary/aromatic N) is 3. The summed E-state index contributed by atoms with van der Waals surface area (Å²) in [6.45, 7) is 4.13. The van der Waals surface area contributed by atoms with Gasteiger partial charge in [-0.25, -0.2) is 9.78 Å². The molecule has 2 aliphatic rings. The van der Waals surface area contributed by atoms with Gasteiger partial charge in [0.2, 0.25) is 6.23 Å². The quantitative estimate of drug-likeness (QED) is 0.588. The monoisotopic (exact) mass is 438 g/mol. The van der Waals surface area contributed by atoms with E-state index < -0.39 is 12.2 Å². The molecular weight excluding hydrogens is 412 g/mol. The smallest absolute Gasteiger partial charge is 0.344 e. The maximum Gasteiger partial charge on any atom is 0.344 e. The number of carbonyl (C=O) groups excluding carboxylic acids is 1. The van der Waals surface area contributed by atoms with E-state index in [2.05, 4.69) is 14.8 Å². The van der Waals surface area contributed by atoms with Crippen molar-refractivity contribution in [2.75, 3.05) is 45.8 Å². The number of benzene rings is 2.